The Morgan fingerprint density at radius 1 is 1.03 bits per heavy atom. The van der Waals surface area contributed by atoms with Crippen LogP contribution >= 0.6 is 0 Å². The van der Waals surface area contributed by atoms with E-state index in [2.05, 4.69) is 0 Å². The molecule has 0 spiro atoms. The van der Waals surface area contributed by atoms with Crippen LogP contribution in [-0.4, -0.2) is 62.4 Å². The summed E-state index contributed by atoms with van der Waals surface area (Å²) < 4.78 is 38.8. The summed E-state index contributed by atoms with van der Waals surface area (Å²) in [6.07, 6.45) is 1.61. The van der Waals surface area contributed by atoms with E-state index in [1.807, 2.05) is 42.2 Å². The molecule has 0 radical (unpaired) electrons. The van der Waals surface area contributed by atoms with E-state index >= 15 is 0 Å². The van der Waals surface area contributed by atoms with Gasteiger partial charge in [-0.1, -0.05) is 30.3 Å². The second-order valence-electron chi connectivity index (χ2n) is 7.78. The van der Waals surface area contributed by atoms with E-state index in [0.29, 0.717) is 63.6 Å². The number of amides is 1. The van der Waals surface area contributed by atoms with Crippen LogP contribution in [0.25, 0.3) is 0 Å². The first-order valence-corrected chi connectivity index (χ1v) is 12.2. The normalized spacial score (nSPS) is 17.3. The van der Waals surface area contributed by atoms with Crippen LogP contribution in [-0.2, 0) is 21.2 Å². The second-order valence-corrected chi connectivity index (χ2v) is 9.72. The predicted octanol–water partition coefficient (Wildman–Crippen LogP) is 2.70. The van der Waals surface area contributed by atoms with Crippen molar-refractivity contribution in [1.82, 2.24) is 9.21 Å². The third-order valence-corrected chi connectivity index (χ3v) is 7.77. The monoisotopic (exact) mass is 444 g/mol. The maximum atomic E-state index is 13.1. The Kier molecular flexibility index (Phi) is 6.48. The summed E-state index contributed by atoms with van der Waals surface area (Å²) in [5.74, 6) is 1.12. The number of benzene rings is 2. The molecule has 1 fully saturated rings. The van der Waals surface area contributed by atoms with Crippen molar-refractivity contribution in [2.24, 2.45) is 0 Å². The standard InChI is InChI=1S/C23H28N2O5S/c1-2-25(23(26)16-18-6-4-3-5-7-18)19-10-12-24(13-11-19)31(27,28)20-8-9-21-22(17-20)30-15-14-29-21/h3-9,17,19H,2,10-16H2,1H3. The van der Waals surface area contributed by atoms with Crippen LogP contribution in [0.2, 0.25) is 0 Å². The number of carbonyl (C=O) groups is 1. The highest BCUT2D eigenvalue weighted by Crippen LogP contribution is 2.34. The Balaban J connectivity index is 1.40. The van der Waals surface area contributed by atoms with Gasteiger partial charge < -0.3 is 14.4 Å². The summed E-state index contributed by atoms with van der Waals surface area (Å²) >= 11 is 0. The lowest BCUT2D eigenvalue weighted by atomic mass is 10.0. The number of hydrogen-bond donors (Lipinski definition) is 0. The Hall–Kier alpha value is -2.58. The number of likely N-dealkylation sites (N-methyl/N-ethyl adjacent to an activating group) is 1. The number of rotatable bonds is 6. The molecule has 4 rings (SSSR count). The molecule has 0 unspecified atom stereocenters. The quantitative estimate of drug-likeness (QED) is 0.685. The molecule has 0 aromatic heterocycles. The topological polar surface area (TPSA) is 76.2 Å². The number of nitrogens with zero attached hydrogens (tertiary/aromatic N) is 2. The highest BCUT2D eigenvalue weighted by molar-refractivity contribution is 7.89. The fourth-order valence-electron chi connectivity index (χ4n) is 4.24. The lowest BCUT2D eigenvalue weighted by Gasteiger charge is -2.37. The van der Waals surface area contributed by atoms with Gasteiger partial charge in [-0.3, -0.25) is 4.79 Å². The van der Waals surface area contributed by atoms with Gasteiger partial charge in [0, 0.05) is 31.7 Å². The summed E-state index contributed by atoms with van der Waals surface area (Å²) in [5.41, 5.74) is 0.990. The molecule has 8 heteroatoms. The Morgan fingerprint density at radius 3 is 2.39 bits per heavy atom. The molecule has 2 aromatic rings. The molecule has 0 aliphatic carbocycles. The van der Waals surface area contributed by atoms with E-state index in [0.717, 1.165) is 5.56 Å². The van der Waals surface area contributed by atoms with Crippen molar-refractivity contribution >= 4 is 15.9 Å². The smallest absolute Gasteiger partial charge is 0.243 e. The fraction of sp³-hybridized carbons (Fsp3) is 0.435. The summed E-state index contributed by atoms with van der Waals surface area (Å²) in [4.78, 5) is 14.9. The lowest BCUT2D eigenvalue weighted by molar-refractivity contribution is -0.133. The van der Waals surface area contributed by atoms with Crippen LogP contribution in [0.5, 0.6) is 11.5 Å². The molecule has 0 N–H and O–H groups in total. The number of hydrogen-bond acceptors (Lipinski definition) is 5. The van der Waals surface area contributed by atoms with Gasteiger partial charge in [0.15, 0.2) is 11.5 Å². The van der Waals surface area contributed by atoms with Crippen molar-refractivity contribution in [2.45, 2.75) is 37.1 Å². The molecule has 1 saturated heterocycles. The van der Waals surface area contributed by atoms with E-state index in [9.17, 15) is 13.2 Å². The molecule has 2 heterocycles. The summed E-state index contributed by atoms with van der Waals surface area (Å²) in [6, 6.07) is 14.5. The molecular weight excluding hydrogens is 416 g/mol. The molecule has 0 atom stereocenters. The van der Waals surface area contributed by atoms with E-state index < -0.39 is 10.0 Å². The van der Waals surface area contributed by atoms with Crippen LogP contribution in [0.4, 0.5) is 0 Å². The zero-order valence-corrected chi connectivity index (χ0v) is 18.5. The molecule has 7 nitrogen and oxygen atoms in total. The van der Waals surface area contributed by atoms with Crippen molar-refractivity contribution in [2.75, 3.05) is 32.8 Å². The first kappa shape index (κ1) is 21.6. The third kappa shape index (κ3) is 4.70. The number of piperidine rings is 1. The van der Waals surface area contributed by atoms with Crippen molar-refractivity contribution in [3.63, 3.8) is 0 Å². The first-order valence-electron chi connectivity index (χ1n) is 10.7. The molecule has 0 saturated carbocycles. The van der Waals surface area contributed by atoms with Crippen LogP contribution in [0.3, 0.4) is 0 Å². The zero-order chi connectivity index (χ0) is 21.8. The van der Waals surface area contributed by atoms with Gasteiger partial charge in [0.2, 0.25) is 15.9 Å². The van der Waals surface area contributed by atoms with Gasteiger partial charge in [0.1, 0.15) is 13.2 Å². The maximum absolute atomic E-state index is 13.1. The van der Waals surface area contributed by atoms with Crippen LogP contribution in [0.1, 0.15) is 25.3 Å². The number of ether oxygens (including phenoxy) is 2. The second kappa shape index (κ2) is 9.28. The van der Waals surface area contributed by atoms with Crippen LogP contribution < -0.4 is 9.47 Å². The van der Waals surface area contributed by atoms with Gasteiger partial charge in [0.05, 0.1) is 11.3 Å². The first-order chi connectivity index (χ1) is 15.0. The zero-order valence-electron chi connectivity index (χ0n) is 17.7. The third-order valence-electron chi connectivity index (χ3n) is 5.87. The number of fused-ring (bicyclic) bond motifs is 1. The van der Waals surface area contributed by atoms with Gasteiger partial charge in [-0.15, -0.1) is 0 Å². The highest BCUT2D eigenvalue weighted by atomic mass is 32.2. The number of carbonyl (C=O) groups excluding carboxylic acids is 1. The minimum atomic E-state index is -3.63. The van der Waals surface area contributed by atoms with E-state index in [1.165, 1.54) is 10.4 Å². The van der Waals surface area contributed by atoms with E-state index in [4.69, 9.17) is 9.47 Å². The van der Waals surface area contributed by atoms with E-state index in [-0.39, 0.29) is 16.8 Å². The van der Waals surface area contributed by atoms with Crippen molar-refractivity contribution in [3.05, 3.63) is 54.1 Å². The van der Waals surface area contributed by atoms with E-state index in [1.54, 1.807) is 12.1 Å². The molecule has 2 aliphatic rings. The van der Waals surface area contributed by atoms with Crippen molar-refractivity contribution < 1.29 is 22.7 Å². The fourth-order valence-corrected chi connectivity index (χ4v) is 5.72. The summed E-state index contributed by atoms with van der Waals surface area (Å²) in [5, 5.41) is 0. The van der Waals surface area contributed by atoms with Gasteiger partial charge in [-0.05, 0) is 37.5 Å². The maximum Gasteiger partial charge on any atom is 0.243 e. The molecule has 166 valence electrons. The number of sulfonamides is 1. The van der Waals surface area contributed by atoms with Gasteiger partial charge in [-0.2, -0.15) is 4.31 Å². The molecular formula is C23H28N2O5S. The van der Waals surface area contributed by atoms with Gasteiger partial charge in [0.25, 0.3) is 0 Å². The molecule has 0 bridgehead atoms. The van der Waals surface area contributed by atoms with Gasteiger partial charge >= 0.3 is 0 Å². The van der Waals surface area contributed by atoms with Crippen molar-refractivity contribution in [1.29, 1.82) is 0 Å². The minimum absolute atomic E-state index is 0.0490. The average Bonchev–Trinajstić information content (AvgIpc) is 2.80. The largest absolute Gasteiger partial charge is 0.486 e. The Bertz CT molecular complexity index is 1020. The summed E-state index contributed by atoms with van der Waals surface area (Å²) in [6.45, 7) is 4.23. The predicted molar refractivity (Wildman–Crippen MR) is 117 cm³/mol. The molecule has 2 aromatic carbocycles. The lowest BCUT2D eigenvalue weighted by Crippen LogP contribution is -2.49. The highest BCUT2D eigenvalue weighted by Gasteiger charge is 2.33. The SMILES string of the molecule is CCN(C(=O)Cc1ccccc1)C1CCN(S(=O)(=O)c2ccc3c(c2)OCCO3)CC1. The minimum Gasteiger partial charge on any atom is -0.486 e. The molecule has 1 amide bonds. The van der Waals surface area contributed by atoms with Crippen LogP contribution in [0, 0.1) is 0 Å². The van der Waals surface area contributed by atoms with Crippen LogP contribution in [0.15, 0.2) is 53.4 Å². The summed E-state index contributed by atoms with van der Waals surface area (Å²) in [7, 11) is -3.63. The molecule has 31 heavy (non-hydrogen) atoms. The average molecular weight is 445 g/mol. The Morgan fingerprint density at radius 2 is 1.71 bits per heavy atom. The van der Waals surface area contributed by atoms with Crippen molar-refractivity contribution in [3.8, 4) is 11.5 Å². The van der Waals surface area contributed by atoms with Gasteiger partial charge in [-0.25, -0.2) is 8.42 Å². The Labute approximate surface area is 183 Å². The molecule has 2 aliphatic heterocycles.